The standard InChI is InChI=1S/C28H39N3/c1-6-30(7-2)23-16-18-31(19-17-23)28(4,5)24-20-26(22-13-9-8-10-14-22)29-25-15-11-12-21(3)27(24)25/h8-15,20-21,23,27H,6-7,16-19H2,1-5H3. The fourth-order valence-electron chi connectivity index (χ4n) is 5.80. The largest absolute Gasteiger partial charge is 0.301 e. The molecule has 0 radical (unpaired) electrons. The maximum absolute atomic E-state index is 5.12. The maximum atomic E-state index is 5.12. The molecule has 2 unspecified atom stereocenters. The van der Waals surface area contributed by atoms with Crippen LogP contribution < -0.4 is 0 Å². The molecule has 4 rings (SSSR count). The molecule has 0 amide bonds. The van der Waals surface area contributed by atoms with E-state index >= 15 is 0 Å². The zero-order valence-electron chi connectivity index (χ0n) is 20.0. The van der Waals surface area contributed by atoms with E-state index in [0.29, 0.717) is 11.8 Å². The third kappa shape index (κ3) is 4.36. The predicted molar refractivity (Wildman–Crippen MR) is 133 cm³/mol. The van der Waals surface area contributed by atoms with E-state index in [1.165, 1.54) is 42.8 Å². The van der Waals surface area contributed by atoms with Crippen molar-refractivity contribution < 1.29 is 0 Å². The Labute approximate surface area is 189 Å². The van der Waals surface area contributed by atoms with Crippen molar-refractivity contribution in [2.24, 2.45) is 16.8 Å². The number of rotatable bonds is 6. The molecule has 2 atom stereocenters. The zero-order valence-corrected chi connectivity index (χ0v) is 20.0. The van der Waals surface area contributed by atoms with Gasteiger partial charge in [-0.15, -0.1) is 0 Å². The Morgan fingerprint density at radius 1 is 1.06 bits per heavy atom. The highest BCUT2D eigenvalue weighted by molar-refractivity contribution is 6.10. The fraction of sp³-hybridized carbons (Fsp3) is 0.536. The molecule has 2 aliphatic heterocycles. The number of aliphatic imine (C=N–C) groups is 1. The first-order valence-electron chi connectivity index (χ1n) is 12.2. The number of dihydropyridines is 1. The number of nitrogens with zero attached hydrogens (tertiary/aromatic N) is 3. The summed E-state index contributed by atoms with van der Waals surface area (Å²) in [5, 5.41) is 0. The van der Waals surface area contributed by atoms with Crippen LogP contribution in [0.3, 0.4) is 0 Å². The van der Waals surface area contributed by atoms with Gasteiger partial charge in [0, 0.05) is 41.8 Å². The molecule has 0 N–H and O–H groups in total. The van der Waals surface area contributed by atoms with Crippen molar-refractivity contribution in [2.45, 2.75) is 59.0 Å². The summed E-state index contributed by atoms with van der Waals surface area (Å²) in [6.45, 7) is 16.5. The van der Waals surface area contributed by atoms with E-state index in [-0.39, 0.29) is 5.54 Å². The Kier molecular flexibility index (Phi) is 6.64. The minimum atomic E-state index is 0.00734. The van der Waals surface area contributed by atoms with Gasteiger partial charge in [-0.3, -0.25) is 9.89 Å². The van der Waals surface area contributed by atoms with E-state index in [9.17, 15) is 0 Å². The van der Waals surface area contributed by atoms with E-state index in [1.807, 2.05) is 0 Å². The first kappa shape index (κ1) is 22.2. The second-order valence-electron chi connectivity index (χ2n) is 9.77. The Morgan fingerprint density at radius 2 is 1.74 bits per heavy atom. The fourth-order valence-corrected chi connectivity index (χ4v) is 5.80. The van der Waals surface area contributed by atoms with Gasteiger partial charge in [0.15, 0.2) is 0 Å². The van der Waals surface area contributed by atoms with Crippen LogP contribution in [-0.2, 0) is 0 Å². The van der Waals surface area contributed by atoms with E-state index in [1.54, 1.807) is 0 Å². The number of allylic oxidation sites excluding steroid dienone is 5. The molecule has 31 heavy (non-hydrogen) atoms. The lowest BCUT2D eigenvalue weighted by molar-refractivity contribution is 0.0630. The molecule has 0 bridgehead atoms. The third-order valence-corrected chi connectivity index (χ3v) is 7.76. The van der Waals surface area contributed by atoms with E-state index in [2.05, 4.69) is 99.1 Å². The lowest BCUT2D eigenvalue weighted by atomic mass is 9.71. The summed E-state index contributed by atoms with van der Waals surface area (Å²) >= 11 is 0. The molecule has 1 saturated heterocycles. The molecule has 2 heterocycles. The van der Waals surface area contributed by atoms with Crippen molar-refractivity contribution in [1.29, 1.82) is 0 Å². The third-order valence-electron chi connectivity index (χ3n) is 7.76. The van der Waals surface area contributed by atoms with Crippen LogP contribution in [0.2, 0.25) is 0 Å². The first-order chi connectivity index (χ1) is 15.0. The molecule has 3 aliphatic rings. The molecule has 3 heteroatoms. The summed E-state index contributed by atoms with van der Waals surface area (Å²) in [5.74, 6) is 0.841. The van der Waals surface area contributed by atoms with Gasteiger partial charge in [0.2, 0.25) is 0 Å². The van der Waals surface area contributed by atoms with Crippen LogP contribution in [0.4, 0.5) is 0 Å². The van der Waals surface area contributed by atoms with Gasteiger partial charge in [-0.1, -0.05) is 63.3 Å². The quantitative estimate of drug-likeness (QED) is 0.591. The second kappa shape index (κ2) is 9.26. The molecule has 0 aromatic heterocycles. The smallest absolute Gasteiger partial charge is 0.0706 e. The van der Waals surface area contributed by atoms with Gasteiger partial charge in [-0.05, 0) is 63.4 Å². The minimum absolute atomic E-state index is 0.00734. The maximum Gasteiger partial charge on any atom is 0.0706 e. The SMILES string of the molecule is CCN(CC)C1CCN(C(C)(C)C2=CC(c3ccccc3)=NC3=CC=CC(C)C32)CC1. The lowest BCUT2D eigenvalue weighted by Crippen LogP contribution is -2.54. The summed E-state index contributed by atoms with van der Waals surface area (Å²) in [7, 11) is 0. The zero-order chi connectivity index (χ0) is 22.0. The molecule has 1 aromatic rings. The van der Waals surface area contributed by atoms with Crippen molar-refractivity contribution >= 4 is 5.71 Å². The van der Waals surface area contributed by atoms with Crippen LogP contribution in [0.25, 0.3) is 0 Å². The Balaban J connectivity index is 1.64. The highest BCUT2D eigenvalue weighted by Crippen LogP contribution is 2.44. The van der Waals surface area contributed by atoms with Crippen molar-refractivity contribution in [3.05, 3.63) is 71.5 Å². The van der Waals surface area contributed by atoms with Gasteiger partial charge in [0.25, 0.3) is 0 Å². The number of hydrogen-bond donors (Lipinski definition) is 0. The Morgan fingerprint density at radius 3 is 2.39 bits per heavy atom. The van der Waals surface area contributed by atoms with Gasteiger partial charge in [0.1, 0.15) is 0 Å². The molecular weight excluding hydrogens is 378 g/mol. The van der Waals surface area contributed by atoms with Crippen LogP contribution in [0.1, 0.15) is 53.0 Å². The lowest BCUT2D eigenvalue weighted by Gasteiger charge is -2.49. The minimum Gasteiger partial charge on any atom is -0.301 e. The molecule has 0 spiro atoms. The number of fused-ring (bicyclic) bond motifs is 1. The Bertz CT molecular complexity index is 878. The van der Waals surface area contributed by atoms with Gasteiger partial charge in [0.05, 0.1) is 5.71 Å². The summed E-state index contributed by atoms with van der Waals surface area (Å²) < 4.78 is 0. The second-order valence-corrected chi connectivity index (χ2v) is 9.77. The van der Waals surface area contributed by atoms with Crippen LogP contribution in [0.15, 0.2) is 70.9 Å². The van der Waals surface area contributed by atoms with Crippen LogP contribution in [0.5, 0.6) is 0 Å². The van der Waals surface area contributed by atoms with E-state index in [4.69, 9.17) is 4.99 Å². The summed E-state index contributed by atoms with van der Waals surface area (Å²) in [5.41, 5.74) is 5.06. The van der Waals surface area contributed by atoms with Crippen LogP contribution in [0, 0.1) is 11.8 Å². The summed E-state index contributed by atoms with van der Waals surface area (Å²) in [6, 6.07) is 11.4. The summed E-state index contributed by atoms with van der Waals surface area (Å²) in [4.78, 5) is 10.5. The highest BCUT2D eigenvalue weighted by Gasteiger charge is 2.41. The van der Waals surface area contributed by atoms with Gasteiger partial charge < -0.3 is 4.90 Å². The van der Waals surface area contributed by atoms with Crippen LogP contribution >= 0.6 is 0 Å². The number of piperidine rings is 1. The first-order valence-corrected chi connectivity index (χ1v) is 12.2. The van der Waals surface area contributed by atoms with E-state index in [0.717, 1.165) is 24.8 Å². The molecule has 166 valence electrons. The van der Waals surface area contributed by atoms with E-state index < -0.39 is 0 Å². The predicted octanol–water partition coefficient (Wildman–Crippen LogP) is 5.71. The van der Waals surface area contributed by atoms with Crippen molar-refractivity contribution in [3.63, 3.8) is 0 Å². The highest BCUT2D eigenvalue weighted by atomic mass is 15.2. The monoisotopic (exact) mass is 417 g/mol. The average Bonchev–Trinajstić information content (AvgIpc) is 2.80. The molecule has 1 fully saturated rings. The molecular formula is C28H39N3. The molecule has 3 nitrogen and oxygen atoms in total. The molecule has 0 saturated carbocycles. The van der Waals surface area contributed by atoms with Gasteiger partial charge >= 0.3 is 0 Å². The normalized spacial score (nSPS) is 25.2. The number of benzene rings is 1. The van der Waals surface area contributed by atoms with Gasteiger partial charge in [-0.25, -0.2) is 0 Å². The molecule has 1 aromatic carbocycles. The topological polar surface area (TPSA) is 18.8 Å². The van der Waals surface area contributed by atoms with Crippen molar-refractivity contribution in [2.75, 3.05) is 26.2 Å². The van der Waals surface area contributed by atoms with Crippen LogP contribution in [-0.4, -0.2) is 53.3 Å². The average molecular weight is 418 g/mol. The Hall–Kier alpha value is -1.97. The van der Waals surface area contributed by atoms with Crippen molar-refractivity contribution in [1.82, 2.24) is 9.80 Å². The number of likely N-dealkylation sites (tertiary alicyclic amines) is 1. The summed E-state index contributed by atoms with van der Waals surface area (Å²) in [6.07, 6.45) is 11.7. The molecule has 1 aliphatic carbocycles. The number of hydrogen-bond acceptors (Lipinski definition) is 3. The van der Waals surface area contributed by atoms with Gasteiger partial charge in [-0.2, -0.15) is 0 Å². The van der Waals surface area contributed by atoms with Crippen molar-refractivity contribution in [3.8, 4) is 0 Å².